The van der Waals surface area contributed by atoms with Crippen molar-refractivity contribution in [2.24, 2.45) is 0 Å². The van der Waals surface area contributed by atoms with Crippen LogP contribution in [0.4, 0.5) is 0 Å². The molecule has 1 heterocycles. The highest BCUT2D eigenvalue weighted by Gasteiger charge is 2.30. The molecule has 7 nitrogen and oxygen atoms in total. The van der Waals surface area contributed by atoms with E-state index in [-0.39, 0.29) is 5.11 Å². The van der Waals surface area contributed by atoms with E-state index in [2.05, 4.69) is 10.5 Å². The number of ether oxygens (including phenoxy) is 1. The van der Waals surface area contributed by atoms with Gasteiger partial charge in [0.05, 0.1) is 13.2 Å². The third-order valence-corrected chi connectivity index (χ3v) is 5.19. The fourth-order valence-corrected chi connectivity index (χ4v) is 3.96. The first kappa shape index (κ1) is 18.7. The lowest BCUT2D eigenvalue weighted by atomic mass is 10.3. The number of hydrogen-bond donors (Lipinski definition) is 2. The van der Waals surface area contributed by atoms with E-state index in [1.807, 2.05) is 17.1 Å². The van der Waals surface area contributed by atoms with Crippen molar-refractivity contribution >= 4 is 25.1 Å². The van der Waals surface area contributed by atoms with Crippen LogP contribution in [0.5, 0.6) is 11.5 Å². The highest BCUT2D eigenvalue weighted by molar-refractivity contribution is 7.81. The molecule has 0 aromatic heterocycles. The van der Waals surface area contributed by atoms with Crippen LogP contribution < -0.4 is 19.6 Å². The van der Waals surface area contributed by atoms with Gasteiger partial charge in [0.1, 0.15) is 11.5 Å². The van der Waals surface area contributed by atoms with Crippen LogP contribution in [0.15, 0.2) is 60.7 Å². The maximum atomic E-state index is 13.3. The van der Waals surface area contributed by atoms with E-state index in [1.165, 1.54) is 0 Å². The summed E-state index contributed by atoms with van der Waals surface area (Å²) in [6.45, 7) is 2.55. The molecule has 0 amide bonds. The molecule has 0 bridgehead atoms. The summed E-state index contributed by atoms with van der Waals surface area (Å²) < 4.78 is 29.8. The lowest BCUT2D eigenvalue weighted by Crippen LogP contribution is -2.51. The molecular formula is C17H20N3O4PS. The number of thiocarbonyl (C=S) groups is 1. The molecule has 2 aromatic carbocycles. The van der Waals surface area contributed by atoms with Crippen LogP contribution in [0, 0.1) is 0 Å². The molecule has 3 rings (SSSR count). The van der Waals surface area contributed by atoms with Crippen molar-refractivity contribution in [3.63, 3.8) is 0 Å². The van der Waals surface area contributed by atoms with Crippen LogP contribution >= 0.6 is 20.0 Å². The molecule has 1 saturated heterocycles. The van der Waals surface area contributed by atoms with Crippen molar-refractivity contribution in [1.29, 1.82) is 0 Å². The van der Waals surface area contributed by atoms with Crippen molar-refractivity contribution < 1.29 is 18.3 Å². The molecule has 0 spiro atoms. The Balaban J connectivity index is 1.71. The summed E-state index contributed by atoms with van der Waals surface area (Å²) in [6.07, 6.45) is 0. The van der Waals surface area contributed by atoms with E-state index >= 15 is 0 Å². The van der Waals surface area contributed by atoms with Gasteiger partial charge in [0, 0.05) is 13.1 Å². The summed E-state index contributed by atoms with van der Waals surface area (Å²) >= 11 is 5.28. The predicted molar refractivity (Wildman–Crippen MR) is 103 cm³/mol. The zero-order chi connectivity index (χ0) is 18.2. The van der Waals surface area contributed by atoms with E-state index in [9.17, 15) is 4.57 Å². The van der Waals surface area contributed by atoms with Gasteiger partial charge in [0.15, 0.2) is 5.11 Å². The van der Waals surface area contributed by atoms with Crippen LogP contribution in [-0.2, 0) is 9.30 Å². The minimum absolute atomic E-state index is 0.155. The largest absolute Gasteiger partial charge is 0.543 e. The highest BCUT2D eigenvalue weighted by atomic mass is 32.1. The molecular weight excluding hydrogens is 373 g/mol. The summed E-state index contributed by atoms with van der Waals surface area (Å²) in [5.74, 6) is 0.821. The maximum absolute atomic E-state index is 13.3. The molecule has 138 valence electrons. The van der Waals surface area contributed by atoms with E-state index in [1.54, 1.807) is 48.5 Å². The van der Waals surface area contributed by atoms with Crippen molar-refractivity contribution in [2.45, 2.75) is 0 Å². The van der Waals surface area contributed by atoms with Gasteiger partial charge < -0.3 is 13.8 Å². The molecule has 1 fully saturated rings. The first-order valence-electron chi connectivity index (χ1n) is 8.14. The number of nitrogens with one attached hydrogen (secondary N) is 2. The number of para-hydroxylation sites is 2. The van der Waals surface area contributed by atoms with Gasteiger partial charge in [-0.25, -0.2) is 14.7 Å². The number of benzene rings is 2. The maximum Gasteiger partial charge on any atom is 0.543 e. The van der Waals surface area contributed by atoms with Gasteiger partial charge in [-0.15, -0.1) is 0 Å². The van der Waals surface area contributed by atoms with E-state index in [4.69, 9.17) is 26.0 Å². The lowest BCUT2D eigenvalue weighted by Gasteiger charge is -2.29. The van der Waals surface area contributed by atoms with Gasteiger partial charge in [-0.3, -0.25) is 5.43 Å². The second kappa shape index (κ2) is 9.00. The van der Waals surface area contributed by atoms with Gasteiger partial charge in [-0.05, 0) is 36.5 Å². The Morgan fingerprint density at radius 1 is 0.962 bits per heavy atom. The monoisotopic (exact) mass is 393 g/mol. The standard InChI is InChI=1S/C17H20N3O4PS/c21-25(23-15-7-3-1-4-8-15,24-16-9-5-2-6-10-16)19-17(26)18-20-11-13-22-14-12-20/h1-10H,11-14H2,(H2,18,19,21,26). The van der Waals surface area contributed by atoms with Crippen LogP contribution in [-0.4, -0.2) is 36.4 Å². The molecule has 0 atom stereocenters. The topological polar surface area (TPSA) is 72.1 Å². The number of rotatable bonds is 6. The lowest BCUT2D eigenvalue weighted by molar-refractivity contribution is 0.0248. The fraction of sp³-hybridized carbons (Fsp3) is 0.235. The molecule has 2 N–H and O–H groups in total. The van der Waals surface area contributed by atoms with Crippen LogP contribution in [0.3, 0.4) is 0 Å². The molecule has 1 aliphatic rings. The Morgan fingerprint density at radius 3 is 1.96 bits per heavy atom. The number of hydrogen-bond acceptors (Lipinski definition) is 6. The van der Waals surface area contributed by atoms with Gasteiger partial charge in [0.2, 0.25) is 0 Å². The van der Waals surface area contributed by atoms with Crippen molar-refractivity contribution in [3.8, 4) is 11.5 Å². The molecule has 26 heavy (non-hydrogen) atoms. The minimum Gasteiger partial charge on any atom is -0.400 e. The Kier molecular flexibility index (Phi) is 6.46. The molecule has 9 heteroatoms. The molecule has 2 aromatic rings. The Morgan fingerprint density at radius 2 is 1.46 bits per heavy atom. The Hall–Kier alpha value is -2.12. The van der Waals surface area contributed by atoms with Gasteiger partial charge in [-0.1, -0.05) is 36.4 Å². The van der Waals surface area contributed by atoms with Gasteiger partial charge >= 0.3 is 7.75 Å². The van der Waals surface area contributed by atoms with Gasteiger partial charge in [0.25, 0.3) is 0 Å². The van der Waals surface area contributed by atoms with Crippen LogP contribution in [0.25, 0.3) is 0 Å². The van der Waals surface area contributed by atoms with Crippen molar-refractivity contribution in [1.82, 2.24) is 15.5 Å². The second-order valence-electron chi connectivity index (χ2n) is 5.46. The zero-order valence-electron chi connectivity index (χ0n) is 14.0. The second-order valence-corrected chi connectivity index (χ2v) is 7.45. The normalized spacial score (nSPS) is 15.1. The molecule has 1 aliphatic heterocycles. The zero-order valence-corrected chi connectivity index (χ0v) is 15.7. The smallest absolute Gasteiger partial charge is 0.400 e. The minimum atomic E-state index is -3.80. The van der Waals surface area contributed by atoms with E-state index in [0.717, 1.165) is 0 Å². The Bertz CT molecular complexity index is 712. The average Bonchev–Trinajstić information content (AvgIpc) is 2.63. The van der Waals surface area contributed by atoms with E-state index < -0.39 is 7.75 Å². The van der Waals surface area contributed by atoms with Crippen LogP contribution in [0.2, 0.25) is 0 Å². The summed E-state index contributed by atoms with van der Waals surface area (Å²) in [5.41, 5.74) is 2.99. The van der Waals surface area contributed by atoms with Crippen molar-refractivity contribution in [2.75, 3.05) is 26.3 Å². The third-order valence-electron chi connectivity index (χ3n) is 3.45. The van der Waals surface area contributed by atoms with Crippen LogP contribution in [0.1, 0.15) is 0 Å². The highest BCUT2D eigenvalue weighted by Crippen LogP contribution is 2.44. The third kappa shape index (κ3) is 5.71. The first-order chi connectivity index (χ1) is 12.6. The summed E-state index contributed by atoms with van der Waals surface area (Å²) in [7, 11) is -3.80. The number of morpholine rings is 1. The van der Waals surface area contributed by atoms with Crippen molar-refractivity contribution in [3.05, 3.63) is 60.7 Å². The summed E-state index contributed by atoms with van der Waals surface area (Å²) in [4.78, 5) is 0. The average molecular weight is 393 g/mol. The molecule has 0 unspecified atom stereocenters. The molecule has 0 saturated carbocycles. The first-order valence-corrected chi connectivity index (χ1v) is 10.1. The van der Waals surface area contributed by atoms with E-state index in [0.29, 0.717) is 37.8 Å². The quantitative estimate of drug-likeness (QED) is 0.573. The van der Waals surface area contributed by atoms with Gasteiger partial charge in [-0.2, -0.15) is 0 Å². The number of nitrogens with zero attached hydrogens (tertiary/aromatic N) is 1. The predicted octanol–water partition coefficient (Wildman–Crippen LogP) is 2.96. The number of hydrazine groups is 1. The molecule has 0 aliphatic carbocycles. The SMILES string of the molecule is O=P(NC(=S)NN1CCOCC1)(Oc1ccccc1)Oc1ccccc1. The summed E-state index contributed by atoms with van der Waals surface area (Å²) in [6, 6.07) is 17.6. The fourth-order valence-electron chi connectivity index (χ4n) is 2.27. The summed E-state index contributed by atoms with van der Waals surface area (Å²) in [5, 5.41) is 4.72. The Labute approximate surface area is 157 Å². The molecule has 0 radical (unpaired) electrons.